The summed E-state index contributed by atoms with van der Waals surface area (Å²) >= 11 is 0. The van der Waals surface area contributed by atoms with Crippen molar-refractivity contribution in [1.29, 1.82) is 0 Å². The molecule has 0 spiro atoms. The first-order valence-corrected chi connectivity index (χ1v) is 5.73. The standard InChI is InChI=1S/C12H16F4N2O/c1-17-7-9-3-2-4-10(13)11(9)18(5-6-19)8-12(14,15)16/h2-4,17,19H,5-8H2,1H3. The molecular formula is C12H16F4N2O. The van der Waals surface area contributed by atoms with Crippen molar-refractivity contribution in [3.05, 3.63) is 29.6 Å². The molecule has 2 N–H and O–H groups in total. The Kier molecular flexibility index (Phi) is 5.56. The molecule has 19 heavy (non-hydrogen) atoms. The monoisotopic (exact) mass is 280 g/mol. The topological polar surface area (TPSA) is 35.5 Å². The van der Waals surface area contributed by atoms with Crippen LogP contribution in [0.4, 0.5) is 23.2 Å². The molecule has 0 saturated carbocycles. The quantitative estimate of drug-likeness (QED) is 0.781. The molecule has 0 saturated heterocycles. The molecule has 7 heteroatoms. The number of hydrogen-bond donors (Lipinski definition) is 2. The molecule has 0 aliphatic rings. The minimum atomic E-state index is -4.46. The van der Waals surface area contributed by atoms with Gasteiger partial charge in [0.15, 0.2) is 0 Å². The number of aliphatic hydroxyl groups excluding tert-OH is 1. The van der Waals surface area contributed by atoms with Gasteiger partial charge in [0.25, 0.3) is 0 Å². The van der Waals surface area contributed by atoms with Crippen LogP contribution in [0.5, 0.6) is 0 Å². The van der Waals surface area contributed by atoms with Gasteiger partial charge < -0.3 is 15.3 Å². The molecule has 108 valence electrons. The Hall–Kier alpha value is -1.34. The van der Waals surface area contributed by atoms with Crippen LogP contribution in [0.15, 0.2) is 18.2 Å². The van der Waals surface area contributed by atoms with E-state index in [1.54, 1.807) is 13.1 Å². The summed E-state index contributed by atoms with van der Waals surface area (Å²) in [5, 5.41) is 11.6. The van der Waals surface area contributed by atoms with E-state index in [1.807, 2.05) is 0 Å². The summed E-state index contributed by atoms with van der Waals surface area (Å²) in [5.74, 6) is -0.731. The molecule has 1 aromatic rings. The highest BCUT2D eigenvalue weighted by molar-refractivity contribution is 5.55. The lowest BCUT2D eigenvalue weighted by Gasteiger charge is -2.27. The molecule has 1 aromatic carbocycles. The number of alkyl halides is 3. The van der Waals surface area contributed by atoms with Gasteiger partial charge in [-0.2, -0.15) is 13.2 Å². The first-order valence-electron chi connectivity index (χ1n) is 5.73. The van der Waals surface area contributed by atoms with E-state index in [4.69, 9.17) is 5.11 Å². The van der Waals surface area contributed by atoms with Gasteiger partial charge in [0, 0.05) is 13.1 Å². The number of aliphatic hydroxyl groups is 1. The Morgan fingerprint density at radius 1 is 1.32 bits per heavy atom. The maximum Gasteiger partial charge on any atom is 0.405 e. The highest BCUT2D eigenvalue weighted by Crippen LogP contribution is 2.28. The lowest BCUT2D eigenvalue weighted by atomic mass is 10.1. The van der Waals surface area contributed by atoms with Crippen LogP contribution < -0.4 is 10.2 Å². The summed E-state index contributed by atoms with van der Waals surface area (Å²) in [7, 11) is 1.62. The third-order valence-electron chi connectivity index (χ3n) is 2.49. The van der Waals surface area contributed by atoms with Crippen LogP contribution in [0.3, 0.4) is 0 Å². The largest absolute Gasteiger partial charge is 0.405 e. The Balaban J connectivity index is 3.13. The number of para-hydroxylation sites is 1. The second kappa shape index (κ2) is 6.72. The fourth-order valence-corrected chi connectivity index (χ4v) is 1.85. The fourth-order valence-electron chi connectivity index (χ4n) is 1.85. The van der Waals surface area contributed by atoms with Gasteiger partial charge in [0.1, 0.15) is 12.4 Å². The van der Waals surface area contributed by atoms with Gasteiger partial charge in [-0.05, 0) is 18.7 Å². The van der Waals surface area contributed by atoms with E-state index >= 15 is 0 Å². The van der Waals surface area contributed by atoms with Gasteiger partial charge in [-0.1, -0.05) is 12.1 Å². The van der Waals surface area contributed by atoms with Crippen molar-refractivity contribution in [3.8, 4) is 0 Å². The molecule has 0 amide bonds. The minimum Gasteiger partial charge on any atom is -0.395 e. The smallest absolute Gasteiger partial charge is 0.395 e. The van der Waals surface area contributed by atoms with Crippen LogP contribution in [-0.2, 0) is 6.54 Å². The zero-order valence-corrected chi connectivity index (χ0v) is 10.5. The zero-order chi connectivity index (χ0) is 14.5. The van der Waals surface area contributed by atoms with Gasteiger partial charge in [-0.15, -0.1) is 0 Å². The van der Waals surface area contributed by atoms with Crippen molar-refractivity contribution < 1.29 is 22.7 Å². The summed E-state index contributed by atoms with van der Waals surface area (Å²) in [5.41, 5.74) is 0.295. The van der Waals surface area contributed by atoms with Gasteiger partial charge >= 0.3 is 6.18 Å². The number of rotatable bonds is 6. The summed E-state index contributed by atoms with van der Waals surface area (Å²) in [6, 6.07) is 4.10. The highest BCUT2D eigenvalue weighted by Gasteiger charge is 2.32. The second-order valence-corrected chi connectivity index (χ2v) is 4.04. The highest BCUT2D eigenvalue weighted by atomic mass is 19.4. The van der Waals surface area contributed by atoms with Crippen molar-refractivity contribution in [3.63, 3.8) is 0 Å². The number of anilines is 1. The third kappa shape index (κ3) is 4.68. The second-order valence-electron chi connectivity index (χ2n) is 4.04. The van der Waals surface area contributed by atoms with Crippen LogP contribution in [-0.4, -0.2) is 38.0 Å². The average molecular weight is 280 g/mol. The summed E-state index contributed by atoms with van der Waals surface area (Å²) in [6.45, 7) is -1.82. The van der Waals surface area contributed by atoms with Crippen molar-refractivity contribution in [1.82, 2.24) is 5.32 Å². The predicted octanol–water partition coefficient (Wildman–Crippen LogP) is 1.91. The van der Waals surface area contributed by atoms with E-state index in [1.165, 1.54) is 6.07 Å². The Bertz CT molecular complexity index is 409. The average Bonchev–Trinajstić information content (AvgIpc) is 2.27. The molecule has 0 heterocycles. The van der Waals surface area contributed by atoms with Crippen molar-refractivity contribution in [2.75, 3.05) is 31.6 Å². The van der Waals surface area contributed by atoms with E-state index in [2.05, 4.69) is 5.32 Å². The third-order valence-corrected chi connectivity index (χ3v) is 2.49. The minimum absolute atomic E-state index is 0.122. The number of nitrogens with zero attached hydrogens (tertiary/aromatic N) is 1. The van der Waals surface area contributed by atoms with Crippen molar-refractivity contribution >= 4 is 5.69 Å². The molecule has 0 atom stereocenters. The predicted molar refractivity (Wildman–Crippen MR) is 64.5 cm³/mol. The van der Waals surface area contributed by atoms with Crippen LogP contribution >= 0.6 is 0 Å². The lowest BCUT2D eigenvalue weighted by Crippen LogP contribution is -2.37. The summed E-state index contributed by atoms with van der Waals surface area (Å²) in [4.78, 5) is 0.808. The Labute approximate surface area is 108 Å². The molecule has 3 nitrogen and oxygen atoms in total. The Morgan fingerprint density at radius 2 is 2.00 bits per heavy atom. The van der Waals surface area contributed by atoms with Gasteiger partial charge in [-0.3, -0.25) is 0 Å². The first-order chi connectivity index (χ1) is 8.89. The molecule has 1 rings (SSSR count). The molecule has 0 radical (unpaired) electrons. The number of hydrogen-bond acceptors (Lipinski definition) is 3. The number of benzene rings is 1. The number of nitrogens with one attached hydrogen (secondary N) is 1. The van der Waals surface area contributed by atoms with E-state index in [-0.39, 0.29) is 18.8 Å². The van der Waals surface area contributed by atoms with Gasteiger partial charge in [0.2, 0.25) is 0 Å². The van der Waals surface area contributed by atoms with E-state index in [0.29, 0.717) is 5.56 Å². The van der Waals surface area contributed by atoms with Crippen LogP contribution in [0.1, 0.15) is 5.56 Å². The fraction of sp³-hybridized carbons (Fsp3) is 0.500. The zero-order valence-electron chi connectivity index (χ0n) is 10.5. The first kappa shape index (κ1) is 15.7. The molecule has 0 bridgehead atoms. The molecule has 0 fully saturated rings. The molecular weight excluding hydrogens is 264 g/mol. The van der Waals surface area contributed by atoms with Crippen LogP contribution in [0.25, 0.3) is 0 Å². The molecule has 0 aromatic heterocycles. The molecule has 0 aliphatic carbocycles. The summed E-state index contributed by atoms with van der Waals surface area (Å²) < 4.78 is 51.3. The maximum absolute atomic E-state index is 13.8. The molecule has 0 unspecified atom stereocenters. The van der Waals surface area contributed by atoms with E-state index in [0.717, 1.165) is 11.0 Å². The van der Waals surface area contributed by atoms with Crippen LogP contribution in [0.2, 0.25) is 0 Å². The molecule has 0 aliphatic heterocycles. The SMILES string of the molecule is CNCc1cccc(F)c1N(CCO)CC(F)(F)F. The van der Waals surface area contributed by atoms with E-state index < -0.39 is 25.1 Å². The van der Waals surface area contributed by atoms with Crippen molar-refractivity contribution in [2.45, 2.75) is 12.7 Å². The normalized spacial score (nSPS) is 11.7. The van der Waals surface area contributed by atoms with E-state index in [9.17, 15) is 17.6 Å². The lowest BCUT2D eigenvalue weighted by molar-refractivity contribution is -0.119. The summed E-state index contributed by atoms with van der Waals surface area (Å²) in [6.07, 6.45) is -4.46. The Morgan fingerprint density at radius 3 is 2.53 bits per heavy atom. The number of halogens is 4. The van der Waals surface area contributed by atoms with Gasteiger partial charge in [-0.25, -0.2) is 4.39 Å². The van der Waals surface area contributed by atoms with Crippen molar-refractivity contribution in [2.24, 2.45) is 0 Å². The maximum atomic E-state index is 13.8. The van der Waals surface area contributed by atoms with Gasteiger partial charge in [0.05, 0.1) is 12.3 Å². The van der Waals surface area contributed by atoms with Crippen LogP contribution in [0, 0.1) is 5.82 Å².